The standard InChI is InChI=1S/C10H9NO4S/c1-2-15-9(12)5-3-4-8-11-6-7(16-8)10(13)14/h6H,2,5H2,1H3,(H,13,14). The fraction of sp³-hybridized carbons (Fsp3) is 0.300. The molecule has 6 heteroatoms. The lowest BCUT2D eigenvalue weighted by atomic mass is 10.4. The van der Waals surface area contributed by atoms with Crippen LogP contribution >= 0.6 is 11.3 Å². The predicted octanol–water partition coefficient (Wildman–Crippen LogP) is 1.15. The zero-order chi connectivity index (χ0) is 12.0. The van der Waals surface area contributed by atoms with Gasteiger partial charge < -0.3 is 9.84 Å². The van der Waals surface area contributed by atoms with E-state index in [2.05, 4.69) is 21.6 Å². The Hall–Kier alpha value is -1.87. The van der Waals surface area contributed by atoms with Crippen LogP contribution in [0, 0.1) is 11.8 Å². The van der Waals surface area contributed by atoms with Gasteiger partial charge in [0, 0.05) is 0 Å². The van der Waals surface area contributed by atoms with E-state index in [1.807, 2.05) is 0 Å². The van der Waals surface area contributed by atoms with Gasteiger partial charge in [-0.1, -0.05) is 17.3 Å². The molecular formula is C10H9NO4S. The number of hydrogen-bond donors (Lipinski definition) is 1. The van der Waals surface area contributed by atoms with Crippen LogP contribution in [-0.4, -0.2) is 28.6 Å². The fourth-order valence-corrected chi connectivity index (χ4v) is 1.46. The number of carboxylic acids is 1. The van der Waals surface area contributed by atoms with E-state index in [9.17, 15) is 9.59 Å². The highest BCUT2D eigenvalue weighted by atomic mass is 32.1. The number of nitrogens with zero attached hydrogens (tertiary/aromatic N) is 1. The minimum Gasteiger partial charge on any atom is -0.477 e. The summed E-state index contributed by atoms with van der Waals surface area (Å²) < 4.78 is 4.67. The van der Waals surface area contributed by atoms with Crippen LogP contribution in [-0.2, 0) is 9.53 Å². The summed E-state index contributed by atoms with van der Waals surface area (Å²) in [5.74, 6) is 3.74. The van der Waals surface area contributed by atoms with E-state index in [1.54, 1.807) is 6.92 Å². The Morgan fingerprint density at radius 3 is 2.94 bits per heavy atom. The molecule has 0 saturated heterocycles. The van der Waals surface area contributed by atoms with E-state index in [4.69, 9.17) is 5.11 Å². The van der Waals surface area contributed by atoms with Gasteiger partial charge in [0.1, 0.15) is 11.3 Å². The normalized spacial score (nSPS) is 9.06. The molecule has 16 heavy (non-hydrogen) atoms. The van der Waals surface area contributed by atoms with Crippen LogP contribution in [0.4, 0.5) is 0 Å². The van der Waals surface area contributed by atoms with Gasteiger partial charge >= 0.3 is 11.9 Å². The molecule has 84 valence electrons. The van der Waals surface area contributed by atoms with Gasteiger partial charge in [-0.25, -0.2) is 9.78 Å². The Morgan fingerprint density at radius 2 is 2.38 bits per heavy atom. The molecule has 1 rings (SSSR count). The van der Waals surface area contributed by atoms with Gasteiger partial charge in [-0.2, -0.15) is 0 Å². The second kappa shape index (κ2) is 5.88. The average Bonchev–Trinajstić information content (AvgIpc) is 2.67. The van der Waals surface area contributed by atoms with Crippen molar-refractivity contribution in [2.75, 3.05) is 6.61 Å². The maximum absolute atomic E-state index is 10.9. The van der Waals surface area contributed by atoms with Crippen LogP contribution in [0.1, 0.15) is 28.0 Å². The summed E-state index contributed by atoms with van der Waals surface area (Å²) in [6, 6.07) is 0. The Balaban J connectivity index is 2.56. The molecule has 0 fully saturated rings. The van der Waals surface area contributed by atoms with Crippen molar-refractivity contribution in [3.8, 4) is 11.8 Å². The quantitative estimate of drug-likeness (QED) is 0.632. The first-order chi connectivity index (χ1) is 7.63. The second-order valence-electron chi connectivity index (χ2n) is 2.62. The average molecular weight is 239 g/mol. The van der Waals surface area contributed by atoms with Gasteiger partial charge in [0.15, 0.2) is 5.01 Å². The largest absolute Gasteiger partial charge is 0.477 e. The molecule has 0 spiro atoms. The molecular weight excluding hydrogens is 230 g/mol. The molecule has 0 aromatic carbocycles. The molecule has 0 aliphatic carbocycles. The molecule has 1 aromatic rings. The van der Waals surface area contributed by atoms with Crippen molar-refractivity contribution in [2.45, 2.75) is 13.3 Å². The lowest BCUT2D eigenvalue weighted by Gasteiger charge is -1.94. The molecule has 1 aromatic heterocycles. The molecule has 0 atom stereocenters. The van der Waals surface area contributed by atoms with Crippen LogP contribution in [0.5, 0.6) is 0 Å². The second-order valence-corrected chi connectivity index (χ2v) is 3.65. The van der Waals surface area contributed by atoms with Gasteiger partial charge in [0.25, 0.3) is 0 Å². The lowest BCUT2D eigenvalue weighted by Crippen LogP contribution is -2.01. The molecule has 0 unspecified atom stereocenters. The Kier molecular flexibility index (Phi) is 4.48. The first-order valence-corrected chi connectivity index (χ1v) is 5.28. The molecule has 1 heterocycles. The van der Waals surface area contributed by atoms with Crippen molar-refractivity contribution in [1.82, 2.24) is 4.98 Å². The molecule has 0 saturated carbocycles. The zero-order valence-electron chi connectivity index (χ0n) is 8.52. The van der Waals surface area contributed by atoms with Crippen LogP contribution in [0.3, 0.4) is 0 Å². The third-order valence-electron chi connectivity index (χ3n) is 1.45. The highest BCUT2D eigenvalue weighted by molar-refractivity contribution is 7.14. The number of carbonyl (C=O) groups is 2. The Labute approximate surface area is 96.1 Å². The minimum absolute atomic E-state index is 0.0180. The number of thiazole rings is 1. The summed E-state index contributed by atoms with van der Waals surface area (Å²) in [5.41, 5.74) is 0. The summed E-state index contributed by atoms with van der Waals surface area (Å²) in [6.07, 6.45) is 1.22. The van der Waals surface area contributed by atoms with E-state index < -0.39 is 11.9 Å². The number of carbonyl (C=O) groups excluding carboxylic acids is 1. The highest BCUT2D eigenvalue weighted by Crippen LogP contribution is 2.11. The summed E-state index contributed by atoms with van der Waals surface area (Å²) in [4.78, 5) is 25.4. The van der Waals surface area contributed by atoms with Crippen molar-refractivity contribution in [1.29, 1.82) is 0 Å². The predicted molar refractivity (Wildman–Crippen MR) is 57.2 cm³/mol. The van der Waals surface area contributed by atoms with E-state index >= 15 is 0 Å². The summed E-state index contributed by atoms with van der Waals surface area (Å²) >= 11 is 0.970. The maximum atomic E-state index is 10.9. The van der Waals surface area contributed by atoms with Gasteiger partial charge in [0.05, 0.1) is 12.8 Å². The van der Waals surface area contributed by atoms with Gasteiger partial charge in [-0.15, -0.1) is 0 Å². The molecule has 5 nitrogen and oxygen atoms in total. The molecule has 0 bridgehead atoms. The first-order valence-electron chi connectivity index (χ1n) is 4.47. The lowest BCUT2D eigenvalue weighted by molar-refractivity contribution is -0.141. The number of aromatic nitrogens is 1. The number of carboxylic acid groups (broad SMARTS) is 1. The smallest absolute Gasteiger partial charge is 0.347 e. The SMILES string of the molecule is CCOC(=O)CC#Cc1ncc(C(=O)O)s1. The van der Waals surface area contributed by atoms with Gasteiger partial charge in [-0.3, -0.25) is 4.79 Å². The molecule has 0 aliphatic heterocycles. The van der Waals surface area contributed by atoms with Crippen molar-refractivity contribution < 1.29 is 19.4 Å². The maximum Gasteiger partial charge on any atom is 0.347 e. The fourth-order valence-electron chi connectivity index (χ4n) is 0.835. The topological polar surface area (TPSA) is 76.5 Å². The van der Waals surface area contributed by atoms with Crippen LogP contribution in [0.25, 0.3) is 0 Å². The van der Waals surface area contributed by atoms with Crippen LogP contribution < -0.4 is 0 Å². The van der Waals surface area contributed by atoms with E-state index in [1.165, 1.54) is 6.20 Å². The number of aromatic carboxylic acids is 1. The van der Waals surface area contributed by atoms with Crippen molar-refractivity contribution in [3.05, 3.63) is 16.1 Å². The Morgan fingerprint density at radius 1 is 1.62 bits per heavy atom. The molecule has 1 N–H and O–H groups in total. The van der Waals surface area contributed by atoms with E-state index in [0.717, 1.165) is 11.3 Å². The summed E-state index contributed by atoms with van der Waals surface area (Å²) in [5, 5.41) is 9.01. The van der Waals surface area contributed by atoms with Gasteiger partial charge in [0.2, 0.25) is 0 Å². The molecule has 0 radical (unpaired) electrons. The minimum atomic E-state index is -1.03. The first kappa shape index (κ1) is 12.2. The Bertz CT molecular complexity index is 455. The van der Waals surface area contributed by atoms with Crippen LogP contribution in [0.15, 0.2) is 6.20 Å². The third-order valence-corrected chi connectivity index (χ3v) is 2.35. The molecule has 0 amide bonds. The van der Waals surface area contributed by atoms with E-state index in [0.29, 0.717) is 11.6 Å². The van der Waals surface area contributed by atoms with Crippen molar-refractivity contribution >= 4 is 23.3 Å². The third kappa shape index (κ3) is 3.71. The number of hydrogen-bond acceptors (Lipinski definition) is 5. The van der Waals surface area contributed by atoms with Crippen molar-refractivity contribution in [2.24, 2.45) is 0 Å². The summed E-state index contributed by atoms with van der Waals surface area (Å²) in [6.45, 7) is 2.03. The van der Waals surface area contributed by atoms with Gasteiger partial charge in [-0.05, 0) is 12.8 Å². The number of ether oxygens (including phenoxy) is 1. The van der Waals surface area contributed by atoms with Crippen molar-refractivity contribution in [3.63, 3.8) is 0 Å². The highest BCUT2D eigenvalue weighted by Gasteiger charge is 2.06. The zero-order valence-corrected chi connectivity index (χ0v) is 9.34. The van der Waals surface area contributed by atoms with E-state index in [-0.39, 0.29) is 11.3 Å². The van der Waals surface area contributed by atoms with Crippen LogP contribution in [0.2, 0.25) is 0 Å². The summed E-state index contributed by atoms with van der Waals surface area (Å²) in [7, 11) is 0. The molecule has 0 aliphatic rings. The number of rotatable bonds is 3. The number of esters is 1. The monoisotopic (exact) mass is 239 g/mol.